The van der Waals surface area contributed by atoms with Gasteiger partial charge in [-0.05, 0) is 118 Å². The molecule has 8 aromatic carbocycles. The molecular weight excluding hydrogens is 665 g/mol. The summed E-state index contributed by atoms with van der Waals surface area (Å²) in [5.74, 6) is 0. The first-order valence-corrected chi connectivity index (χ1v) is 19.6. The number of hydrogen-bond acceptors (Lipinski definition) is 1. The molecule has 0 radical (unpaired) electrons. The van der Waals surface area contributed by atoms with E-state index < -0.39 is 0 Å². The molecule has 0 bridgehead atoms. The molecular formula is C53H40N2. The first-order chi connectivity index (χ1) is 27.2. The first-order valence-electron chi connectivity index (χ1n) is 19.6. The molecule has 1 heterocycles. The van der Waals surface area contributed by atoms with E-state index in [1.807, 2.05) is 0 Å². The van der Waals surface area contributed by atoms with E-state index in [1.54, 1.807) is 0 Å². The molecule has 2 aliphatic carbocycles. The Morgan fingerprint density at radius 3 is 1.67 bits per heavy atom. The normalized spacial score (nSPS) is 14.0. The molecule has 2 aliphatic rings. The third-order valence-corrected chi connectivity index (χ3v) is 12.3. The van der Waals surface area contributed by atoms with Crippen molar-refractivity contribution in [2.24, 2.45) is 0 Å². The van der Waals surface area contributed by atoms with Gasteiger partial charge in [-0.1, -0.05) is 146 Å². The lowest BCUT2D eigenvalue weighted by Gasteiger charge is -2.30. The van der Waals surface area contributed by atoms with E-state index in [0.29, 0.717) is 0 Å². The highest BCUT2D eigenvalue weighted by Gasteiger charge is 2.45. The third kappa shape index (κ3) is 5.09. The molecule has 1 saturated carbocycles. The van der Waals surface area contributed by atoms with E-state index in [1.165, 1.54) is 103 Å². The maximum atomic E-state index is 2.51. The predicted octanol–water partition coefficient (Wildman–Crippen LogP) is 14.4. The maximum Gasteiger partial charge on any atom is 0.0547 e. The molecule has 0 unspecified atom stereocenters. The SMILES string of the molecule is c1ccc(-c2ccc(N(c3ccc(-c4ccc5c6ccccc6n(-c6ccccc6)c5c4)cc3)c3ccc4c(c3)C3(CCCC3)c3ccccc3-4)cc2)cc1. The molecule has 55 heavy (non-hydrogen) atoms. The first kappa shape index (κ1) is 31.8. The van der Waals surface area contributed by atoms with Gasteiger partial charge in [0.25, 0.3) is 0 Å². The van der Waals surface area contributed by atoms with Gasteiger partial charge in [-0.2, -0.15) is 0 Å². The summed E-state index contributed by atoms with van der Waals surface area (Å²) in [7, 11) is 0. The fraction of sp³-hybridized carbons (Fsp3) is 0.0943. The summed E-state index contributed by atoms with van der Waals surface area (Å²) >= 11 is 0. The summed E-state index contributed by atoms with van der Waals surface area (Å²) in [4.78, 5) is 2.45. The maximum absolute atomic E-state index is 2.51. The number of anilines is 3. The molecule has 1 aromatic heterocycles. The van der Waals surface area contributed by atoms with Crippen LogP contribution in [0.2, 0.25) is 0 Å². The topological polar surface area (TPSA) is 8.17 Å². The van der Waals surface area contributed by atoms with Crippen molar-refractivity contribution in [1.82, 2.24) is 4.57 Å². The largest absolute Gasteiger partial charge is 0.310 e. The minimum Gasteiger partial charge on any atom is -0.310 e. The number of aromatic nitrogens is 1. The Kier molecular flexibility index (Phi) is 7.38. The summed E-state index contributed by atoms with van der Waals surface area (Å²) in [6, 6.07) is 71.6. The minimum absolute atomic E-state index is 0.107. The number of hydrogen-bond donors (Lipinski definition) is 0. The van der Waals surface area contributed by atoms with Crippen LogP contribution in [0.1, 0.15) is 36.8 Å². The Hall–Kier alpha value is -6.64. The van der Waals surface area contributed by atoms with Crippen LogP contribution in [0, 0.1) is 0 Å². The average Bonchev–Trinajstić information content (AvgIpc) is 3.96. The predicted molar refractivity (Wildman–Crippen MR) is 231 cm³/mol. The van der Waals surface area contributed by atoms with Gasteiger partial charge in [0.2, 0.25) is 0 Å². The molecule has 0 N–H and O–H groups in total. The second-order valence-electron chi connectivity index (χ2n) is 15.3. The number of fused-ring (bicyclic) bond motifs is 8. The average molecular weight is 705 g/mol. The van der Waals surface area contributed by atoms with Crippen molar-refractivity contribution in [3.8, 4) is 39.1 Å². The fourth-order valence-electron chi connectivity index (χ4n) is 9.79. The lowest BCUT2D eigenvalue weighted by molar-refractivity contribution is 0.550. The monoisotopic (exact) mass is 704 g/mol. The van der Waals surface area contributed by atoms with E-state index in [9.17, 15) is 0 Å². The zero-order valence-corrected chi connectivity index (χ0v) is 30.7. The van der Waals surface area contributed by atoms with Gasteiger partial charge >= 0.3 is 0 Å². The van der Waals surface area contributed by atoms with Crippen LogP contribution in [0.15, 0.2) is 194 Å². The quantitative estimate of drug-likeness (QED) is 0.167. The Labute approximate surface area is 322 Å². The lowest BCUT2D eigenvalue weighted by atomic mass is 9.76. The Bertz CT molecular complexity index is 2840. The zero-order valence-electron chi connectivity index (χ0n) is 30.7. The molecule has 0 atom stereocenters. The van der Waals surface area contributed by atoms with Crippen molar-refractivity contribution in [2.45, 2.75) is 31.1 Å². The zero-order chi connectivity index (χ0) is 36.3. The molecule has 11 rings (SSSR count). The standard InChI is InChI=1S/C53H40N2/c1-3-13-37(14-4-1)38-21-26-42(27-22-38)54(44-30-32-46-45-17-7-9-19-49(45)53(50(46)36-44)33-11-12-34-53)43-28-23-39(24-29-43)40-25-31-48-47-18-8-10-20-51(47)55(52(48)35-40)41-15-5-2-6-16-41/h1-10,13-32,35-36H,11-12,33-34H2. The van der Waals surface area contributed by atoms with Crippen LogP contribution < -0.4 is 4.90 Å². The van der Waals surface area contributed by atoms with Crippen LogP contribution in [0.3, 0.4) is 0 Å². The van der Waals surface area contributed by atoms with Crippen LogP contribution in [-0.4, -0.2) is 4.57 Å². The van der Waals surface area contributed by atoms with Gasteiger partial charge in [0, 0.05) is 38.9 Å². The van der Waals surface area contributed by atoms with Gasteiger partial charge in [0.15, 0.2) is 0 Å². The van der Waals surface area contributed by atoms with Gasteiger partial charge in [0.05, 0.1) is 11.0 Å². The Morgan fingerprint density at radius 1 is 0.382 bits per heavy atom. The van der Waals surface area contributed by atoms with Gasteiger partial charge in [-0.15, -0.1) is 0 Å². The molecule has 1 spiro atoms. The molecule has 2 heteroatoms. The highest BCUT2D eigenvalue weighted by Crippen LogP contribution is 2.57. The van der Waals surface area contributed by atoms with E-state index in [2.05, 4.69) is 204 Å². The summed E-state index contributed by atoms with van der Waals surface area (Å²) < 4.78 is 2.40. The van der Waals surface area contributed by atoms with Gasteiger partial charge < -0.3 is 9.47 Å². The van der Waals surface area contributed by atoms with Crippen molar-refractivity contribution in [3.05, 3.63) is 205 Å². The molecule has 0 saturated heterocycles. The lowest BCUT2D eigenvalue weighted by Crippen LogP contribution is -2.21. The summed E-state index contributed by atoms with van der Waals surface area (Å²) in [6.45, 7) is 0. The van der Waals surface area contributed by atoms with Crippen LogP contribution in [0.4, 0.5) is 17.1 Å². The van der Waals surface area contributed by atoms with Gasteiger partial charge in [-0.3, -0.25) is 0 Å². The number of benzene rings is 8. The van der Waals surface area contributed by atoms with Crippen molar-refractivity contribution in [1.29, 1.82) is 0 Å². The summed E-state index contributed by atoms with van der Waals surface area (Å²) in [6.07, 6.45) is 4.99. The van der Waals surface area contributed by atoms with Crippen molar-refractivity contribution in [2.75, 3.05) is 4.90 Å². The Morgan fingerprint density at radius 2 is 0.927 bits per heavy atom. The smallest absolute Gasteiger partial charge is 0.0547 e. The Balaban J connectivity index is 1.03. The molecule has 9 aromatic rings. The summed E-state index contributed by atoms with van der Waals surface area (Å²) in [5, 5.41) is 2.54. The molecule has 1 fully saturated rings. The van der Waals surface area contributed by atoms with Crippen molar-refractivity contribution in [3.63, 3.8) is 0 Å². The fourth-order valence-corrected chi connectivity index (χ4v) is 9.79. The van der Waals surface area contributed by atoms with Crippen molar-refractivity contribution < 1.29 is 0 Å². The third-order valence-electron chi connectivity index (χ3n) is 12.3. The molecule has 0 aliphatic heterocycles. The second-order valence-corrected chi connectivity index (χ2v) is 15.3. The molecule has 2 nitrogen and oxygen atoms in total. The summed E-state index contributed by atoms with van der Waals surface area (Å²) in [5.41, 5.74) is 17.9. The van der Waals surface area contributed by atoms with Crippen LogP contribution >= 0.6 is 0 Å². The van der Waals surface area contributed by atoms with Crippen LogP contribution in [-0.2, 0) is 5.41 Å². The van der Waals surface area contributed by atoms with Gasteiger partial charge in [0.1, 0.15) is 0 Å². The molecule has 0 amide bonds. The number of para-hydroxylation sites is 2. The van der Waals surface area contributed by atoms with E-state index in [-0.39, 0.29) is 5.41 Å². The highest BCUT2D eigenvalue weighted by atomic mass is 15.1. The number of rotatable bonds is 6. The molecule has 262 valence electrons. The minimum atomic E-state index is 0.107. The van der Waals surface area contributed by atoms with E-state index in [4.69, 9.17) is 0 Å². The second kappa shape index (κ2) is 12.7. The van der Waals surface area contributed by atoms with Gasteiger partial charge in [-0.25, -0.2) is 0 Å². The van der Waals surface area contributed by atoms with Crippen LogP contribution in [0.5, 0.6) is 0 Å². The van der Waals surface area contributed by atoms with E-state index in [0.717, 1.165) is 11.4 Å². The van der Waals surface area contributed by atoms with Crippen LogP contribution in [0.25, 0.3) is 60.9 Å². The number of nitrogens with zero attached hydrogens (tertiary/aromatic N) is 2. The van der Waals surface area contributed by atoms with Crippen molar-refractivity contribution >= 4 is 38.9 Å². The van der Waals surface area contributed by atoms with E-state index >= 15 is 0 Å². The highest BCUT2D eigenvalue weighted by molar-refractivity contribution is 6.10.